The van der Waals surface area contributed by atoms with Crippen LogP contribution in [0.1, 0.15) is 4.88 Å². The van der Waals surface area contributed by atoms with E-state index in [-0.39, 0.29) is 0 Å². The summed E-state index contributed by atoms with van der Waals surface area (Å²) in [5.74, 6) is 0. The molecule has 0 bridgehead atoms. The normalized spacial score (nSPS) is 17.4. The number of ether oxygens (including phenoxy) is 1. The molecule has 2 rings (SSSR count). The summed E-state index contributed by atoms with van der Waals surface area (Å²) >= 11 is 1.74. The van der Waals surface area contributed by atoms with Crippen LogP contribution in [0.2, 0.25) is 0 Å². The number of rotatable bonds is 2. The van der Waals surface area contributed by atoms with Gasteiger partial charge in [0.05, 0.1) is 13.2 Å². The number of nitrogens with zero attached hydrogens (tertiary/aromatic N) is 1. The van der Waals surface area contributed by atoms with Crippen LogP contribution < -0.4 is 0 Å². The third-order valence-electron chi connectivity index (χ3n) is 2.20. The van der Waals surface area contributed by atoms with Crippen LogP contribution in [0.4, 0.5) is 0 Å². The van der Waals surface area contributed by atoms with Crippen LogP contribution in [0, 0.1) is 0 Å². The first kappa shape index (κ1) is 8.78. The Morgan fingerprint density at radius 2 is 2.23 bits per heavy atom. The lowest BCUT2D eigenvalue weighted by Gasteiger charge is -2.29. The fraction of sp³-hybridized carbons (Fsp3) is 0.400. The quantitative estimate of drug-likeness (QED) is 0.716. The Balaban J connectivity index is 2.04. The summed E-state index contributed by atoms with van der Waals surface area (Å²) in [6.07, 6.45) is 0. The maximum absolute atomic E-state index is 5.29. The smallest absolute Gasteiger partial charge is 0.0642 e. The third-order valence-corrected chi connectivity index (χ3v) is 3.12. The van der Waals surface area contributed by atoms with Crippen molar-refractivity contribution in [1.82, 2.24) is 4.90 Å². The van der Waals surface area contributed by atoms with Gasteiger partial charge < -0.3 is 9.64 Å². The van der Waals surface area contributed by atoms with Crippen molar-refractivity contribution >= 4 is 17.0 Å². The summed E-state index contributed by atoms with van der Waals surface area (Å²) in [6.45, 7) is 7.69. The SMILES string of the molecule is C=C(c1cccs1)N1CCOCC1. The molecule has 2 heterocycles. The Bertz CT molecular complexity index is 275. The van der Waals surface area contributed by atoms with Crippen molar-refractivity contribution in [2.45, 2.75) is 0 Å². The molecule has 13 heavy (non-hydrogen) atoms. The molecule has 0 N–H and O–H groups in total. The van der Waals surface area contributed by atoms with Crippen LogP contribution in [0.5, 0.6) is 0 Å². The monoisotopic (exact) mass is 195 g/mol. The molecule has 1 saturated heterocycles. The van der Waals surface area contributed by atoms with E-state index in [0.717, 1.165) is 32.0 Å². The molecule has 1 aliphatic rings. The van der Waals surface area contributed by atoms with Crippen LogP contribution in [0.25, 0.3) is 5.70 Å². The van der Waals surface area contributed by atoms with E-state index in [1.165, 1.54) is 4.88 Å². The van der Waals surface area contributed by atoms with E-state index in [4.69, 9.17) is 4.74 Å². The first-order chi connectivity index (χ1) is 6.38. The van der Waals surface area contributed by atoms with Gasteiger partial charge in [0.2, 0.25) is 0 Å². The maximum atomic E-state index is 5.29. The van der Waals surface area contributed by atoms with E-state index in [0.29, 0.717) is 0 Å². The lowest BCUT2D eigenvalue weighted by Crippen LogP contribution is -2.34. The molecule has 70 valence electrons. The van der Waals surface area contributed by atoms with Crippen molar-refractivity contribution in [1.29, 1.82) is 0 Å². The molecular weight excluding hydrogens is 182 g/mol. The predicted molar refractivity (Wildman–Crippen MR) is 55.7 cm³/mol. The number of hydrogen-bond acceptors (Lipinski definition) is 3. The van der Waals surface area contributed by atoms with Crippen LogP contribution in [0.3, 0.4) is 0 Å². The van der Waals surface area contributed by atoms with Crippen molar-refractivity contribution in [3.05, 3.63) is 29.0 Å². The van der Waals surface area contributed by atoms with Gasteiger partial charge in [-0.3, -0.25) is 0 Å². The van der Waals surface area contributed by atoms with E-state index in [2.05, 4.69) is 29.0 Å². The molecule has 2 nitrogen and oxygen atoms in total. The van der Waals surface area contributed by atoms with E-state index in [9.17, 15) is 0 Å². The zero-order chi connectivity index (χ0) is 9.10. The topological polar surface area (TPSA) is 12.5 Å². The Labute approximate surface area is 82.4 Å². The fourth-order valence-corrected chi connectivity index (χ4v) is 2.16. The molecule has 1 fully saturated rings. The van der Waals surface area contributed by atoms with Crippen molar-refractivity contribution in [3.8, 4) is 0 Å². The van der Waals surface area contributed by atoms with E-state index in [1.807, 2.05) is 0 Å². The molecule has 0 aromatic carbocycles. The molecule has 0 unspecified atom stereocenters. The van der Waals surface area contributed by atoms with Gasteiger partial charge in [-0.2, -0.15) is 0 Å². The summed E-state index contributed by atoms with van der Waals surface area (Å²) in [6, 6.07) is 4.17. The first-order valence-electron chi connectivity index (χ1n) is 4.43. The average molecular weight is 195 g/mol. The fourth-order valence-electron chi connectivity index (χ4n) is 1.43. The van der Waals surface area contributed by atoms with Gasteiger partial charge in [-0.15, -0.1) is 11.3 Å². The molecule has 1 aliphatic heterocycles. The number of hydrogen-bond donors (Lipinski definition) is 0. The lowest BCUT2D eigenvalue weighted by atomic mass is 10.3. The Hall–Kier alpha value is -0.800. The molecule has 0 atom stereocenters. The summed E-state index contributed by atoms with van der Waals surface area (Å²) in [5.41, 5.74) is 1.14. The highest BCUT2D eigenvalue weighted by Crippen LogP contribution is 2.22. The summed E-state index contributed by atoms with van der Waals surface area (Å²) in [7, 11) is 0. The van der Waals surface area contributed by atoms with Gasteiger partial charge in [-0.05, 0) is 11.4 Å². The second kappa shape index (κ2) is 3.94. The van der Waals surface area contributed by atoms with Gasteiger partial charge in [0.15, 0.2) is 0 Å². The zero-order valence-electron chi connectivity index (χ0n) is 7.53. The summed E-state index contributed by atoms with van der Waals surface area (Å²) in [4.78, 5) is 3.55. The molecule has 0 amide bonds. The van der Waals surface area contributed by atoms with Crippen LogP contribution in [-0.2, 0) is 4.74 Å². The highest BCUT2D eigenvalue weighted by Gasteiger charge is 2.13. The molecule has 0 saturated carbocycles. The minimum Gasteiger partial charge on any atom is -0.378 e. The Morgan fingerprint density at radius 3 is 2.85 bits per heavy atom. The summed E-state index contributed by atoms with van der Waals surface area (Å²) in [5, 5.41) is 2.08. The standard InChI is InChI=1S/C10H13NOS/c1-9(10-3-2-8-13-10)11-4-6-12-7-5-11/h2-3,8H,1,4-7H2. The van der Waals surface area contributed by atoms with Crippen molar-refractivity contribution in [3.63, 3.8) is 0 Å². The van der Waals surface area contributed by atoms with Crippen LogP contribution in [0.15, 0.2) is 24.1 Å². The Kier molecular flexibility index (Phi) is 2.66. The second-order valence-corrected chi connectivity index (χ2v) is 3.97. The van der Waals surface area contributed by atoms with E-state index < -0.39 is 0 Å². The van der Waals surface area contributed by atoms with Crippen LogP contribution >= 0.6 is 11.3 Å². The minimum absolute atomic E-state index is 0.824. The molecular formula is C10H13NOS. The Morgan fingerprint density at radius 1 is 1.46 bits per heavy atom. The van der Waals surface area contributed by atoms with Crippen molar-refractivity contribution < 1.29 is 4.74 Å². The predicted octanol–water partition coefficient (Wildman–Crippen LogP) is 2.05. The molecule has 0 spiro atoms. The highest BCUT2D eigenvalue weighted by atomic mass is 32.1. The van der Waals surface area contributed by atoms with Gasteiger partial charge in [-0.25, -0.2) is 0 Å². The second-order valence-electron chi connectivity index (χ2n) is 3.02. The van der Waals surface area contributed by atoms with Crippen molar-refractivity contribution in [2.24, 2.45) is 0 Å². The minimum atomic E-state index is 0.824. The van der Waals surface area contributed by atoms with Gasteiger partial charge in [-0.1, -0.05) is 12.6 Å². The average Bonchev–Trinajstić information content (AvgIpc) is 2.71. The van der Waals surface area contributed by atoms with Crippen LogP contribution in [-0.4, -0.2) is 31.2 Å². The third kappa shape index (κ3) is 1.92. The first-order valence-corrected chi connectivity index (χ1v) is 5.31. The van der Waals surface area contributed by atoms with Gasteiger partial charge in [0.25, 0.3) is 0 Å². The molecule has 3 heteroatoms. The maximum Gasteiger partial charge on any atom is 0.0642 e. The van der Waals surface area contributed by atoms with E-state index in [1.54, 1.807) is 11.3 Å². The van der Waals surface area contributed by atoms with Crippen molar-refractivity contribution in [2.75, 3.05) is 26.3 Å². The molecule has 1 aromatic rings. The van der Waals surface area contributed by atoms with Gasteiger partial charge >= 0.3 is 0 Å². The van der Waals surface area contributed by atoms with Gasteiger partial charge in [0.1, 0.15) is 0 Å². The number of thiophene rings is 1. The molecule has 0 radical (unpaired) electrons. The lowest BCUT2D eigenvalue weighted by molar-refractivity contribution is 0.0642. The molecule has 1 aromatic heterocycles. The molecule has 0 aliphatic carbocycles. The zero-order valence-corrected chi connectivity index (χ0v) is 8.35. The number of morpholine rings is 1. The highest BCUT2D eigenvalue weighted by molar-refractivity contribution is 7.11. The summed E-state index contributed by atoms with van der Waals surface area (Å²) < 4.78 is 5.29. The largest absolute Gasteiger partial charge is 0.378 e. The van der Waals surface area contributed by atoms with E-state index >= 15 is 0 Å². The van der Waals surface area contributed by atoms with Gasteiger partial charge in [0, 0.05) is 23.7 Å².